The Kier molecular flexibility index (Phi) is 8.04. The van der Waals surface area contributed by atoms with Crippen LogP contribution < -0.4 is 9.80 Å². The van der Waals surface area contributed by atoms with E-state index >= 15 is 0 Å². The van der Waals surface area contributed by atoms with E-state index in [0.717, 1.165) is 12.1 Å². The highest BCUT2D eigenvalue weighted by Crippen LogP contribution is 2.32. The van der Waals surface area contributed by atoms with Gasteiger partial charge in [-0.1, -0.05) is 6.08 Å². The summed E-state index contributed by atoms with van der Waals surface area (Å²) in [4.78, 5) is 16.8. The van der Waals surface area contributed by atoms with Gasteiger partial charge in [-0.3, -0.25) is 9.69 Å². The highest BCUT2D eigenvalue weighted by atomic mass is 32.2. The molecule has 11 heteroatoms. The molecule has 1 fully saturated rings. The molecule has 1 saturated heterocycles. The fraction of sp³-hybridized carbons (Fsp3) is 0.400. The molecule has 3 rings (SSSR count). The highest BCUT2D eigenvalue weighted by molar-refractivity contribution is 7.92. The van der Waals surface area contributed by atoms with Gasteiger partial charge in [0.05, 0.1) is 16.9 Å². The minimum Gasteiger partial charge on any atom is -0.481 e. The lowest BCUT2D eigenvalue weighted by Crippen LogP contribution is -2.52. The number of nitrogens with zero attached hydrogens (tertiary/aromatic N) is 3. The van der Waals surface area contributed by atoms with E-state index in [1.807, 2.05) is 4.90 Å². The van der Waals surface area contributed by atoms with Gasteiger partial charge in [0.1, 0.15) is 5.37 Å². The van der Waals surface area contributed by atoms with Crippen LogP contribution in [0.5, 0.6) is 0 Å². The first-order valence-electron chi connectivity index (χ1n) is 11.3. The summed E-state index contributed by atoms with van der Waals surface area (Å²) < 4.78 is 65.9. The summed E-state index contributed by atoms with van der Waals surface area (Å²) >= 11 is 0. The summed E-state index contributed by atoms with van der Waals surface area (Å²) in [5.74, 6) is -1.06. The van der Waals surface area contributed by atoms with Crippen molar-refractivity contribution in [1.29, 1.82) is 0 Å². The summed E-state index contributed by atoms with van der Waals surface area (Å²) in [6.45, 7) is 7.05. The Bertz CT molecular complexity index is 1220. The van der Waals surface area contributed by atoms with Crippen LogP contribution in [0.15, 0.2) is 53.9 Å². The van der Waals surface area contributed by atoms with Crippen LogP contribution in [0.4, 0.5) is 24.5 Å². The van der Waals surface area contributed by atoms with Crippen molar-refractivity contribution in [3.05, 3.63) is 65.7 Å². The molecule has 0 saturated carbocycles. The number of halogens is 3. The topological polar surface area (TPSA) is 81.2 Å². The summed E-state index contributed by atoms with van der Waals surface area (Å²) in [5, 5.41) is 8.26. The van der Waals surface area contributed by atoms with Crippen LogP contribution in [0.25, 0.3) is 0 Å². The monoisotopic (exact) mass is 525 g/mol. The first-order valence-corrected chi connectivity index (χ1v) is 12.9. The van der Waals surface area contributed by atoms with Crippen LogP contribution >= 0.6 is 0 Å². The molecule has 1 aliphatic rings. The lowest BCUT2D eigenvalue weighted by atomic mass is 10.0. The molecule has 1 heterocycles. The zero-order valence-electron chi connectivity index (χ0n) is 20.4. The van der Waals surface area contributed by atoms with Gasteiger partial charge >= 0.3 is 12.1 Å². The van der Waals surface area contributed by atoms with E-state index in [1.165, 1.54) is 24.3 Å². The zero-order valence-corrected chi connectivity index (χ0v) is 21.2. The Balaban J connectivity index is 1.83. The molecule has 1 atom stereocenters. The molecule has 1 unspecified atom stereocenters. The quantitative estimate of drug-likeness (QED) is 0.525. The van der Waals surface area contributed by atoms with Crippen molar-refractivity contribution in [2.75, 3.05) is 50.1 Å². The predicted molar refractivity (Wildman–Crippen MR) is 133 cm³/mol. The molecule has 2 aromatic carbocycles. The Labute approximate surface area is 209 Å². The minimum absolute atomic E-state index is 0.0168. The zero-order chi connectivity index (χ0) is 26.8. The molecular weight excluding hydrogens is 495 g/mol. The highest BCUT2D eigenvalue weighted by Gasteiger charge is 2.34. The van der Waals surface area contributed by atoms with Gasteiger partial charge in [-0.25, -0.2) is 8.42 Å². The standard InChI is InChI=1S/C25H30F3N3O4S/c1-5-23(31-12-10-30(11-13-31)20-8-6-19(7-9-20)25(26,27)28)36(34,35)21-14-18(15-24(32)33)17(2)22(16-21)29(3)4/h5-9,14,16,23H,1,10-13,15H2,2-4H3,(H,32,33). The van der Waals surface area contributed by atoms with Crippen LogP contribution in [0.2, 0.25) is 0 Å². The lowest BCUT2D eigenvalue weighted by molar-refractivity contribution is -0.138. The van der Waals surface area contributed by atoms with Crippen molar-refractivity contribution in [1.82, 2.24) is 4.90 Å². The maximum atomic E-state index is 13.7. The van der Waals surface area contributed by atoms with E-state index in [2.05, 4.69) is 6.58 Å². The SMILES string of the molecule is C=CC(N1CCN(c2ccc(C(F)(F)F)cc2)CC1)S(=O)(=O)c1cc(CC(=O)O)c(C)c(N(C)C)c1. The number of rotatable bonds is 8. The molecule has 0 aromatic heterocycles. The second-order valence-corrected chi connectivity index (χ2v) is 11.0. The number of aliphatic carboxylic acids is 1. The normalized spacial score (nSPS) is 16.0. The van der Waals surface area contributed by atoms with Crippen LogP contribution in [-0.4, -0.2) is 70.0 Å². The van der Waals surface area contributed by atoms with Crippen molar-refractivity contribution in [3.63, 3.8) is 0 Å². The van der Waals surface area contributed by atoms with Crippen molar-refractivity contribution in [3.8, 4) is 0 Å². The third-order valence-electron chi connectivity index (χ3n) is 6.37. The molecule has 196 valence electrons. The van der Waals surface area contributed by atoms with Crippen molar-refractivity contribution < 1.29 is 31.5 Å². The van der Waals surface area contributed by atoms with Crippen LogP contribution in [0.1, 0.15) is 16.7 Å². The summed E-state index contributed by atoms with van der Waals surface area (Å²) in [6.07, 6.45) is -3.36. The molecule has 0 spiro atoms. The largest absolute Gasteiger partial charge is 0.481 e. The van der Waals surface area contributed by atoms with Gasteiger partial charge in [-0.2, -0.15) is 13.2 Å². The molecule has 0 bridgehead atoms. The fourth-order valence-electron chi connectivity index (χ4n) is 4.41. The molecular formula is C25H30F3N3O4S. The van der Waals surface area contributed by atoms with E-state index in [0.29, 0.717) is 48.7 Å². The number of hydrogen-bond acceptors (Lipinski definition) is 6. The number of carboxylic acid groups (broad SMARTS) is 1. The number of benzene rings is 2. The van der Waals surface area contributed by atoms with Crippen LogP contribution in [0.3, 0.4) is 0 Å². The average molecular weight is 526 g/mol. The van der Waals surface area contributed by atoms with E-state index in [9.17, 15) is 31.5 Å². The number of alkyl halides is 3. The first-order chi connectivity index (χ1) is 16.8. The van der Waals surface area contributed by atoms with Crippen molar-refractivity contribution in [2.24, 2.45) is 0 Å². The van der Waals surface area contributed by atoms with Gasteiger partial charge in [0.25, 0.3) is 0 Å². The Morgan fingerprint density at radius 3 is 2.19 bits per heavy atom. The molecule has 36 heavy (non-hydrogen) atoms. The van der Waals surface area contributed by atoms with E-state index in [4.69, 9.17) is 0 Å². The van der Waals surface area contributed by atoms with Crippen molar-refractivity contribution in [2.45, 2.75) is 29.8 Å². The fourth-order valence-corrected chi connectivity index (χ4v) is 6.13. The Morgan fingerprint density at radius 2 is 1.72 bits per heavy atom. The number of carboxylic acids is 1. The third-order valence-corrected chi connectivity index (χ3v) is 8.39. The van der Waals surface area contributed by atoms with Gasteiger partial charge in [-0.15, -0.1) is 6.58 Å². The smallest absolute Gasteiger partial charge is 0.416 e. The number of piperazine rings is 1. The lowest BCUT2D eigenvalue weighted by Gasteiger charge is -2.39. The van der Waals surface area contributed by atoms with Gasteiger partial charge in [0.15, 0.2) is 9.84 Å². The van der Waals surface area contributed by atoms with Gasteiger partial charge < -0.3 is 14.9 Å². The average Bonchev–Trinajstić information content (AvgIpc) is 2.80. The number of hydrogen-bond donors (Lipinski definition) is 1. The second kappa shape index (κ2) is 10.5. The van der Waals surface area contributed by atoms with Gasteiger partial charge in [0, 0.05) is 51.6 Å². The number of sulfone groups is 1. The Morgan fingerprint density at radius 1 is 1.14 bits per heavy atom. The molecule has 7 nitrogen and oxygen atoms in total. The van der Waals surface area contributed by atoms with E-state index < -0.39 is 32.9 Å². The maximum Gasteiger partial charge on any atom is 0.416 e. The number of carbonyl (C=O) groups is 1. The van der Waals surface area contributed by atoms with Gasteiger partial charge in [-0.05, 0) is 54.4 Å². The molecule has 0 amide bonds. The molecule has 1 aliphatic heterocycles. The second-order valence-electron chi connectivity index (χ2n) is 8.93. The van der Waals surface area contributed by atoms with E-state index in [-0.39, 0.29) is 11.3 Å². The molecule has 0 aliphatic carbocycles. The predicted octanol–water partition coefficient (Wildman–Crippen LogP) is 3.81. The van der Waals surface area contributed by atoms with Crippen LogP contribution in [0, 0.1) is 6.92 Å². The number of anilines is 2. The minimum atomic E-state index is -4.41. The summed E-state index contributed by atoms with van der Waals surface area (Å²) in [5.41, 5.74) is 1.64. The molecule has 2 aromatic rings. The van der Waals surface area contributed by atoms with Gasteiger partial charge in [0.2, 0.25) is 0 Å². The molecule has 0 radical (unpaired) electrons. The molecule has 1 N–H and O–H groups in total. The summed E-state index contributed by atoms with van der Waals surface area (Å²) in [7, 11) is -0.424. The maximum absolute atomic E-state index is 13.7. The van der Waals surface area contributed by atoms with Crippen LogP contribution in [-0.2, 0) is 27.2 Å². The summed E-state index contributed by atoms with van der Waals surface area (Å²) in [6, 6.07) is 7.87. The first kappa shape index (κ1) is 27.5. The van der Waals surface area contributed by atoms with E-state index in [1.54, 1.807) is 36.9 Å². The third kappa shape index (κ3) is 5.84. The Hall–Kier alpha value is -3.05. The van der Waals surface area contributed by atoms with Crippen molar-refractivity contribution >= 4 is 27.2 Å².